The molecule has 6 nitrogen and oxygen atoms in total. The number of benzene rings is 3. The van der Waals surface area contributed by atoms with Gasteiger partial charge in [-0.1, -0.05) is 48.5 Å². The predicted octanol–water partition coefficient (Wildman–Crippen LogP) is 4.92. The lowest BCUT2D eigenvalue weighted by atomic mass is 9.90. The number of piperidine rings is 1. The van der Waals surface area contributed by atoms with E-state index in [-0.39, 0.29) is 5.91 Å². The first-order valence-corrected chi connectivity index (χ1v) is 12.1. The van der Waals surface area contributed by atoms with Crippen molar-refractivity contribution in [2.75, 3.05) is 27.3 Å². The largest absolute Gasteiger partial charge is 0.493 e. The Balaban J connectivity index is 1.25. The lowest BCUT2D eigenvalue weighted by Gasteiger charge is -2.32. The molecule has 1 saturated heterocycles. The summed E-state index contributed by atoms with van der Waals surface area (Å²) >= 11 is 0. The summed E-state index contributed by atoms with van der Waals surface area (Å²) in [6.07, 6.45) is 5.18. The lowest BCUT2D eigenvalue weighted by Crippen LogP contribution is -2.33. The van der Waals surface area contributed by atoms with E-state index >= 15 is 0 Å². The Hall–Kier alpha value is -3.64. The third kappa shape index (κ3) is 6.70. The van der Waals surface area contributed by atoms with Gasteiger partial charge in [0.25, 0.3) is 5.91 Å². The number of methoxy groups -OCH3 is 2. The van der Waals surface area contributed by atoms with E-state index < -0.39 is 0 Å². The molecule has 182 valence electrons. The molecule has 1 amide bonds. The summed E-state index contributed by atoms with van der Waals surface area (Å²) in [6, 6.07) is 24.0. The highest BCUT2D eigenvalue weighted by Crippen LogP contribution is 2.29. The zero-order valence-corrected chi connectivity index (χ0v) is 20.4. The fourth-order valence-electron chi connectivity index (χ4n) is 4.55. The van der Waals surface area contributed by atoms with Gasteiger partial charge in [0.1, 0.15) is 0 Å². The van der Waals surface area contributed by atoms with Gasteiger partial charge in [-0.2, -0.15) is 5.10 Å². The predicted molar refractivity (Wildman–Crippen MR) is 139 cm³/mol. The van der Waals surface area contributed by atoms with Crippen LogP contribution in [0.4, 0.5) is 0 Å². The molecule has 1 aliphatic heterocycles. The fourth-order valence-corrected chi connectivity index (χ4v) is 4.55. The highest BCUT2D eigenvalue weighted by molar-refractivity contribution is 5.95. The topological polar surface area (TPSA) is 63.2 Å². The Morgan fingerprint density at radius 1 is 0.943 bits per heavy atom. The highest BCUT2D eigenvalue weighted by atomic mass is 16.5. The van der Waals surface area contributed by atoms with Crippen LogP contribution in [0.25, 0.3) is 0 Å². The van der Waals surface area contributed by atoms with Gasteiger partial charge in [-0.25, -0.2) is 5.43 Å². The van der Waals surface area contributed by atoms with Crippen LogP contribution in [0.3, 0.4) is 0 Å². The molecule has 3 aromatic rings. The zero-order valence-electron chi connectivity index (χ0n) is 20.4. The number of likely N-dealkylation sites (tertiary alicyclic amines) is 1. The van der Waals surface area contributed by atoms with E-state index in [4.69, 9.17) is 9.47 Å². The van der Waals surface area contributed by atoms with Crippen LogP contribution >= 0.6 is 0 Å². The van der Waals surface area contributed by atoms with Gasteiger partial charge < -0.3 is 9.47 Å². The van der Waals surface area contributed by atoms with Crippen LogP contribution in [0, 0.1) is 5.92 Å². The second-order valence-electron chi connectivity index (χ2n) is 8.89. The van der Waals surface area contributed by atoms with E-state index in [9.17, 15) is 4.79 Å². The van der Waals surface area contributed by atoms with Gasteiger partial charge in [0.15, 0.2) is 11.5 Å². The number of carbonyl (C=O) groups excluding carboxylic acids is 1. The van der Waals surface area contributed by atoms with Gasteiger partial charge in [0.05, 0.1) is 20.4 Å². The second kappa shape index (κ2) is 12.2. The van der Waals surface area contributed by atoms with Crippen molar-refractivity contribution in [2.24, 2.45) is 11.0 Å². The summed E-state index contributed by atoms with van der Waals surface area (Å²) < 4.78 is 10.7. The zero-order chi connectivity index (χ0) is 24.5. The minimum atomic E-state index is -0.253. The number of rotatable bonds is 9. The highest BCUT2D eigenvalue weighted by Gasteiger charge is 2.19. The number of ether oxygens (including phenoxy) is 2. The first-order valence-electron chi connectivity index (χ1n) is 12.1. The summed E-state index contributed by atoms with van der Waals surface area (Å²) in [4.78, 5) is 15.0. The molecule has 0 bridgehead atoms. The molecule has 6 heteroatoms. The van der Waals surface area contributed by atoms with Crippen LogP contribution in [-0.4, -0.2) is 44.3 Å². The Kier molecular flexibility index (Phi) is 8.52. The van der Waals surface area contributed by atoms with Gasteiger partial charge in [0.2, 0.25) is 0 Å². The van der Waals surface area contributed by atoms with Gasteiger partial charge in [0, 0.05) is 17.7 Å². The molecule has 0 saturated carbocycles. The number of carbonyl (C=O) groups is 1. The molecule has 1 aliphatic rings. The van der Waals surface area contributed by atoms with E-state index in [0.717, 1.165) is 31.1 Å². The maximum Gasteiger partial charge on any atom is 0.271 e. The number of hydrogen-bond donors (Lipinski definition) is 1. The van der Waals surface area contributed by atoms with Crippen molar-refractivity contribution < 1.29 is 14.3 Å². The molecule has 1 heterocycles. The van der Waals surface area contributed by atoms with Crippen molar-refractivity contribution >= 4 is 12.1 Å². The normalized spacial score (nSPS) is 14.7. The number of hydrogen-bond acceptors (Lipinski definition) is 5. The van der Waals surface area contributed by atoms with Crippen LogP contribution in [0.15, 0.2) is 77.9 Å². The average molecular weight is 472 g/mol. The minimum absolute atomic E-state index is 0.253. The van der Waals surface area contributed by atoms with Gasteiger partial charge >= 0.3 is 0 Å². The summed E-state index contributed by atoms with van der Waals surface area (Å²) in [6.45, 7) is 3.14. The first-order chi connectivity index (χ1) is 17.2. The SMILES string of the molecule is COc1cccc(C=NNC(=O)c2ccc(CN3CCC(Cc4ccccc4)CC3)cc2)c1OC. The Morgan fingerprint density at radius 3 is 2.37 bits per heavy atom. The lowest BCUT2D eigenvalue weighted by molar-refractivity contribution is 0.0955. The number of nitrogens with zero attached hydrogens (tertiary/aromatic N) is 2. The van der Waals surface area contributed by atoms with Crippen molar-refractivity contribution in [2.45, 2.75) is 25.8 Å². The van der Waals surface area contributed by atoms with Gasteiger partial charge in [-0.15, -0.1) is 0 Å². The standard InChI is InChI=1S/C29H33N3O3/c1-34-27-10-6-9-26(28(27)35-2)20-30-31-29(33)25-13-11-24(12-14-25)21-32-17-15-23(16-18-32)19-22-7-4-3-5-8-22/h3-14,20,23H,15-19,21H2,1-2H3,(H,31,33). The van der Waals surface area contributed by atoms with Crippen molar-refractivity contribution in [3.05, 3.63) is 95.1 Å². The summed E-state index contributed by atoms with van der Waals surface area (Å²) in [7, 11) is 3.15. The van der Waals surface area contributed by atoms with Crippen molar-refractivity contribution in [1.29, 1.82) is 0 Å². The molecule has 0 unspecified atom stereocenters. The van der Waals surface area contributed by atoms with E-state index in [2.05, 4.69) is 45.8 Å². The Labute approximate surface area is 207 Å². The van der Waals surface area contributed by atoms with Gasteiger partial charge in [-0.05, 0) is 73.7 Å². The summed E-state index contributed by atoms with van der Waals surface area (Å²) in [5, 5.41) is 4.09. The molecule has 1 fully saturated rings. The molecule has 3 aromatic carbocycles. The van der Waals surface area contributed by atoms with Crippen LogP contribution in [0.5, 0.6) is 11.5 Å². The molecule has 0 spiro atoms. The van der Waals surface area contributed by atoms with Gasteiger partial charge in [-0.3, -0.25) is 9.69 Å². The Bertz CT molecular complexity index is 1120. The van der Waals surface area contributed by atoms with Crippen molar-refractivity contribution in [3.63, 3.8) is 0 Å². The van der Waals surface area contributed by atoms with E-state index in [1.807, 2.05) is 42.5 Å². The van der Waals surface area contributed by atoms with Crippen LogP contribution in [-0.2, 0) is 13.0 Å². The monoisotopic (exact) mass is 471 g/mol. The molecule has 0 aliphatic carbocycles. The minimum Gasteiger partial charge on any atom is -0.493 e. The maximum absolute atomic E-state index is 12.5. The number of amides is 1. The molecule has 0 atom stereocenters. The smallest absolute Gasteiger partial charge is 0.271 e. The van der Waals surface area contributed by atoms with Crippen LogP contribution in [0.1, 0.15) is 39.9 Å². The van der Waals surface area contributed by atoms with E-state index in [1.165, 1.54) is 30.4 Å². The summed E-state index contributed by atoms with van der Waals surface area (Å²) in [5.74, 6) is 1.69. The van der Waals surface area contributed by atoms with Crippen molar-refractivity contribution in [1.82, 2.24) is 10.3 Å². The number of nitrogens with one attached hydrogen (secondary N) is 1. The van der Waals surface area contributed by atoms with E-state index in [0.29, 0.717) is 17.1 Å². The quantitative estimate of drug-likeness (QED) is 0.355. The molecule has 1 N–H and O–H groups in total. The Morgan fingerprint density at radius 2 is 1.69 bits per heavy atom. The van der Waals surface area contributed by atoms with Crippen LogP contribution < -0.4 is 14.9 Å². The third-order valence-electron chi connectivity index (χ3n) is 6.50. The first kappa shape index (κ1) is 24.5. The molecule has 4 rings (SSSR count). The van der Waals surface area contributed by atoms with Crippen molar-refractivity contribution in [3.8, 4) is 11.5 Å². The summed E-state index contributed by atoms with van der Waals surface area (Å²) in [5.41, 5.74) is 6.53. The molecular weight excluding hydrogens is 438 g/mol. The molecule has 0 aromatic heterocycles. The average Bonchev–Trinajstić information content (AvgIpc) is 2.90. The molecule has 0 radical (unpaired) electrons. The number of para-hydroxylation sites is 1. The maximum atomic E-state index is 12.5. The fraction of sp³-hybridized carbons (Fsp3) is 0.310. The molecular formula is C29H33N3O3. The van der Waals surface area contributed by atoms with E-state index in [1.54, 1.807) is 20.4 Å². The second-order valence-corrected chi connectivity index (χ2v) is 8.89. The molecule has 35 heavy (non-hydrogen) atoms. The number of hydrazone groups is 1. The van der Waals surface area contributed by atoms with Crippen LogP contribution in [0.2, 0.25) is 0 Å². The third-order valence-corrected chi connectivity index (χ3v) is 6.50.